The summed E-state index contributed by atoms with van der Waals surface area (Å²) in [5.41, 5.74) is 4.35. The Balaban J connectivity index is 1.78. The zero-order valence-corrected chi connectivity index (χ0v) is 13.4. The number of fused-ring (bicyclic) bond motifs is 1. The van der Waals surface area contributed by atoms with Crippen molar-refractivity contribution in [1.82, 2.24) is 19.9 Å². The first kappa shape index (κ1) is 14.8. The van der Waals surface area contributed by atoms with Gasteiger partial charge in [-0.2, -0.15) is 0 Å². The lowest BCUT2D eigenvalue weighted by atomic mass is 10.1. The lowest BCUT2D eigenvalue weighted by Gasteiger charge is -2.25. The number of hydrogen-bond donors (Lipinski definition) is 0. The molecule has 0 saturated heterocycles. The number of rotatable bonds is 2. The van der Waals surface area contributed by atoms with Crippen molar-refractivity contribution in [1.29, 1.82) is 0 Å². The number of benzene rings is 2. The third-order valence-electron chi connectivity index (χ3n) is 4.32. The monoisotopic (exact) mass is 323 g/mol. The smallest absolute Gasteiger partial charge is 0.123 e. The van der Waals surface area contributed by atoms with Crippen LogP contribution < -0.4 is 4.90 Å². The highest BCUT2D eigenvalue weighted by molar-refractivity contribution is 5.68. The van der Waals surface area contributed by atoms with Gasteiger partial charge < -0.3 is 9.80 Å². The summed E-state index contributed by atoms with van der Waals surface area (Å²) < 4.78 is 15.0. The number of aromatic nitrogens is 3. The van der Waals surface area contributed by atoms with Crippen LogP contribution in [0.1, 0.15) is 5.56 Å². The topological polar surface area (TPSA) is 37.2 Å². The molecule has 1 aromatic heterocycles. The molecule has 1 aliphatic heterocycles. The van der Waals surface area contributed by atoms with E-state index >= 15 is 0 Å². The largest absolute Gasteiger partial charge is 0.340 e. The molecule has 0 spiro atoms. The van der Waals surface area contributed by atoms with Crippen molar-refractivity contribution in [3.8, 4) is 5.69 Å². The maximum atomic E-state index is 13.3. The van der Waals surface area contributed by atoms with Crippen molar-refractivity contribution >= 4 is 11.4 Å². The van der Waals surface area contributed by atoms with Crippen LogP contribution in [0.25, 0.3) is 5.69 Å². The van der Waals surface area contributed by atoms with E-state index in [1.54, 1.807) is 10.9 Å². The minimum Gasteiger partial charge on any atom is -0.340 e. The Hall–Kier alpha value is -2.73. The quantitative estimate of drug-likeness (QED) is 0.726. The van der Waals surface area contributed by atoms with Crippen molar-refractivity contribution in [2.24, 2.45) is 0 Å². The first-order valence-corrected chi connectivity index (χ1v) is 7.92. The van der Waals surface area contributed by atoms with Gasteiger partial charge in [0.1, 0.15) is 5.82 Å². The van der Waals surface area contributed by atoms with Crippen LogP contribution in [0.5, 0.6) is 0 Å². The lowest BCUT2D eigenvalue weighted by Crippen LogP contribution is -2.26. The van der Waals surface area contributed by atoms with Gasteiger partial charge in [-0.3, -0.25) is 0 Å². The van der Waals surface area contributed by atoms with E-state index in [1.807, 2.05) is 24.4 Å². The highest BCUT2D eigenvalue weighted by atomic mass is 19.1. The molecule has 24 heavy (non-hydrogen) atoms. The maximum absolute atomic E-state index is 13.3. The molecule has 4 rings (SSSR count). The molecule has 3 aromatic rings. The van der Waals surface area contributed by atoms with Crippen molar-refractivity contribution in [2.75, 3.05) is 25.0 Å². The summed E-state index contributed by atoms with van der Waals surface area (Å²) >= 11 is 0. The normalized spacial score (nSPS) is 15.2. The second-order valence-corrected chi connectivity index (χ2v) is 6.03. The van der Waals surface area contributed by atoms with Gasteiger partial charge in [-0.1, -0.05) is 5.21 Å². The molecule has 6 heteroatoms. The fourth-order valence-corrected chi connectivity index (χ4v) is 3.10. The SMILES string of the molecule is CN1CCN(c2ccc(F)cc2)c2ccc(-n3ccnn3)cc2C1. The zero-order chi connectivity index (χ0) is 16.5. The van der Waals surface area contributed by atoms with Crippen LogP contribution in [0, 0.1) is 5.82 Å². The van der Waals surface area contributed by atoms with Gasteiger partial charge in [0, 0.05) is 31.0 Å². The summed E-state index contributed by atoms with van der Waals surface area (Å²) in [5.74, 6) is -0.215. The summed E-state index contributed by atoms with van der Waals surface area (Å²) in [6.45, 7) is 2.65. The zero-order valence-electron chi connectivity index (χ0n) is 13.4. The van der Waals surface area contributed by atoms with Gasteiger partial charge in [-0.05, 0) is 55.1 Å². The van der Waals surface area contributed by atoms with E-state index in [-0.39, 0.29) is 5.82 Å². The Morgan fingerprint density at radius 3 is 2.54 bits per heavy atom. The van der Waals surface area contributed by atoms with Crippen molar-refractivity contribution in [3.63, 3.8) is 0 Å². The van der Waals surface area contributed by atoms with Gasteiger partial charge in [-0.25, -0.2) is 9.07 Å². The third kappa shape index (κ3) is 2.76. The van der Waals surface area contributed by atoms with E-state index in [9.17, 15) is 4.39 Å². The molecule has 2 aromatic carbocycles. The summed E-state index contributed by atoms with van der Waals surface area (Å²) in [4.78, 5) is 4.52. The average Bonchev–Trinajstić information content (AvgIpc) is 3.06. The van der Waals surface area contributed by atoms with Gasteiger partial charge in [0.05, 0.1) is 18.1 Å². The van der Waals surface area contributed by atoms with E-state index in [0.717, 1.165) is 36.7 Å². The third-order valence-corrected chi connectivity index (χ3v) is 4.32. The molecule has 5 nitrogen and oxygen atoms in total. The molecule has 0 atom stereocenters. The Morgan fingerprint density at radius 1 is 1.00 bits per heavy atom. The van der Waals surface area contributed by atoms with Gasteiger partial charge in [0.2, 0.25) is 0 Å². The lowest BCUT2D eigenvalue weighted by molar-refractivity contribution is 0.343. The predicted octanol–water partition coefficient (Wildman–Crippen LogP) is 2.99. The number of halogens is 1. The van der Waals surface area contributed by atoms with E-state index in [2.05, 4.69) is 39.3 Å². The Bertz CT molecular complexity index is 829. The second-order valence-electron chi connectivity index (χ2n) is 6.03. The van der Waals surface area contributed by atoms with Crippen LogP contribution in [0.4, 0.5) is 15.8 Å². The Labute approximate surface area is 139 Å². The molecule has 0 saturated carbocycles. The van der Waals surface area contributed by atoms with Gasteiger partial charge >= 0.3 is 0 Å². The maximum Gasteiger partial charge on any atom is 0.123 e. The summed E-state index contributed by atoms with van der Waals surface area (Å²) in [6, 6.07) is 13.0. The fraction of sp³-hybridized carbons (Fsp3) is 0.222. The molecule has 0 bridgehead atoms. The van der Waals surface area contributed by atoms with Crippen LogP contribution in [0.3, 0.4) is 0 Å². The first-order chi connectivity index (χ1) is 11.7. The molecule has 2 heterocycles. The molecule has 0 amide bonds. The first-order valence-electron chi connectivity index (χ1n) is 7.92. The summed E-state index contributed by atoms with van der Waals surface area (Å²) in [7, 11) is 2.11. The van der Waals surface area contributed by atoms with E-state index in [4.69, 9.17) is 0 Å². The van der Waals surface area contributed by atoms with Crippen LogP contribution in [-0.4, -0.2) is 40.0 Å². The van der Waals surface area contributed by atoms with Gasteiger partial charge in [0.15, 0.2) is 0 Å². The van der Waals surface area contributed by atoms with Crippen molar-refractivity contribution in [2.45, 2.75) is 6.54 Å². The van der Waals surface area contributed by atoms with Crippen molar-refractivity contribution < 1.29 is 4.39 Å². The minimum absolute atomic E-state index is 0.215. The second kappa shape index (κ2) is 6.05. The standard InChI is InChI=1S/C18H18FN5/c1-22-10-11-23(16-4-2-15(19)3-5-16)18-7-6-17(12-14(18)13-22)24-9-8-20-21-24/h2-9,12H,10-11,13H2,1H3. The number of likely N-dealkylation sites (N-methyl/N-ethyl adjacent to an activating group) is 1. The average molecular weight is 323 g/mol. The number of anilines is 2. The van der Waals surface area contributed by atoms with Gasteiger partial charge in [0.25, 0.3) is 0 Å². The predicted molar refractivity (Wildman–Crippen MR) is 91.1 cm³/mol. The number of nitrogens with zero attached hydrogens (tertiary/aromatic N) is 5. The Kier molecular flexibility index (Phi) is 3.74. The van der Waals surface area contributed by atoms with Crippen molar-refractivity contribution in [3.05, 3.63) is 66.2 Å². The summed E-state index contributed by atoms with van der Waals surface area (Å²) in [6.07, 6.45) is 3.50. The highest BCUT2D eigenvalue weighted by Crippen LogP contribution is 2.32. The summed E-state index contributed by atoms with van der Waals surface area (Å²) in [5, 5.41) is 7.93. The van der Waals surface area contributed by atoms with E-state index in [0.29, 0.717) is 0 Å². The van der Waals surface area contributed by atoms with Crippen LogP contribution in [0.15, 0.2) is 54.9 Å². The van der Waals surface area contributed by atoms with E-state index in [1.165, 1.54) is 17.7 Å². The molecular weight excluding hydrogens is 305 g/mol. The van der Waals surface area contributed by atoms with Crippen LogP contribution in [-0.2, 0) is 6.54 Å². The molecule has 0 radical (unpaired) electrons. The number of hydrogen-bond acceptors (Lipinski definition) is 4. The molecule has 0 unspecified atom stereocenters. The Morgan fingerprint density at radius 2 is 1.79 bits per heavy atom. The molecule has 1 aliphatic rings. The minimum atomic E-state index is -0.215. The molecular formula is C18H18FN5. The molecule has 0 fully saturated rings. The highest BCUT2D eigenvalue weighted by Gasteiger charge is 2.20. The van der Waals surface area contributed by atoms with Gasteiger partial charge in [-0.15, -0.1) is 5.10 Å². The fourth-order valence-electron chi connectivity index (χ4n) is 3.10. The van der Waals surface area contributed by atoms with Crippen LogP contribution in [0.2, 0.25) is 0 Å². The van der Waals surface area contributed by atoms with E-state index < -0.39 is 0 Å². The van der Waals surface area contributed by atoms with Crippen LogP contribution >= 0.6 is 0 Å². The molecule has 0 aliphatic carbocycles. The molecule has 122 valence electrons. The molecule has 0 N–H and O–H groups in total.